The highest BCUT2D eigenvalue weighted by molar-refractivity contribution is 5.85. The molecule has 5 aromatic rings. The normalized spacial score (nSPS) is 15.3. The van der Waals surface area contributed by atoms with Gasteiger partial charge < -0.3 is 19.5 Å². The van der Waals surface area contributed by atoms with E-state index in [9.17, 15) is 9.59 Å². The van der Waals surface area contributed by atoms with E-state index in [2.05, 4.69) is 61.0 Å². The number of nitrogens with zero attached hydrogens (tertiary/aromatic N) is 5. The van der Waals surface area contributed by atoms with Gasteiger partial charge in [-0.15, -0.1) is 0 Å². The molecule has 1 N–H and O–H groups in total. The molecule has 9 nitrogen and oxygen atoms in total. The second-order valence-corrected chi connectivity index (χ2v) is 11.9. The Morgan fingerprint density at radius 3 is 2.47 bits per heavy atom. The largest absolute Gasteiger partial charge is 0.462 e. The number of aromatic nitrogens is 4. The molecular formula is C34H40N6O3. The molecule has 2 aromatic heterocycles. The van der Waals surface area contributed by atoms with Crippen molar-refractivity contribution in [2.75, 3.05) is 25.0 Å². The van der Waals surface area contributed by atoms with Crippen molar-refractivity contribution in [2.24, 2.45) is 0 Å². The number of likely N-dealkylation sites (N-methyl/N-ethyl adjacent to an activating group) is 1. The summed E-state index contributed by atoms with van der Waals surface area (Å²) in [6.45, 7) is 8.71. The van der Waals surface area contributed by atoms with Crippen LogP contribution >= 0.6 is 0 Å². The summed E-state index contributed by atoms with van der Waals surface area (Å²) >= 11 is 0. The number of piperidine rings is 1. The van der Waals surface area contributed by atoms with Crippen molar-refractivity contribution in [3.8, 4) is 0 Å². The molecule has 9 heteroatoms. The van der Waals surface area contributed by atoms with Crippen LogP contribution < -0.4 is 15.8 Å². The Kier molecular flexibility index (Phi) is 9.21. The van der Waals surface area contributed by atoms with E-state index in [0.717, 1.165) is 53.8 Å². The fourth-order valence-corrected chi connectivity index (χ4v) is 5.47. The third-order valence-corrected chi connectivity index (χ3v) is 7.63. The summed E-state index contributed by atoms with van der Waals surface area (Å²) in [4.78, 5) is 30.8. The molecule has 0 radical (unpaired) electrons. The van der Waals surface area contributed by atoms with Gasteiger partial charge in [0.2, 0.25) is 5.95 Å². The Balaban J connectivity index is 0.000000472. The number of carbonyl (C=O) groups excluding carboxylic acids is 1. The maximum absolute atomic E-state index is 13.9. The Hall–Kier alpha value is -4.50. The standard InChI is InChI=1S/C29H30N6O.C5H10O2/c1-30-24-14-8-16-33(20-24)29-32-26-17-31-35(19-23-13-7-12-22-11-5-6-15-25(22)23)28(36)27(26)34(29)18-21-9-3-2-4-10-21;1-5(2,3)7-4-6/h2-7,9-13,15,17,24,30H,8,14,16,18-20H2,1H3;4H,1-3H3. The zero-order chi connectivity index (χ0) is 30.4. The van der Waals surface area contributed by atoms with E-state index < -0.39 is 0 Å². The molecule has 0 spiro atoms. The quantitative estimate of drug-likeness (QED) is 0.271. The molecule has 43 heavy (non-hydrogen) atoms. The number of rotatable bonds is 7. The van der Waals surface area contributed by atoms with Crippen LogP contribution in [0.15, 0.2) is 83.8 Å². The van der Waals surface area contributed by atoms with Crippen LogP contribution in [0, 0.1) is 0 Å². The summed E-state index contributed by atoms with van der Waals surface area (Å²) in [5.41, 5.74) is 3.03. The first-order valence-electron chi connectivity index (χ1n) is 14.8. The summed E-state index contributed by atoms with van der Waals surface area (Å²) in [6.07, 6.45) is 3.97. The highest BCUT2D eigenvalue weighted by Crippen LogP contribution is 2.25. The van der Waals surface area contributed by atoms with Crippen LogP contribution in [-0.4, -0.2) is 57.6 Å². The Morgan fingerprint density at radius 2 is 1.74 bits per heavy atom. The zero-order valence-electron chi connectivity index (χ0n) is 25.4. The van der Waals surface area contributed by atoms with E-state index in [1.807, 2.05) is 64.2 Å². The van der Waals surface area contributed by atoms with Crippen LogP contribution in [0.25, 0.3) is 21.8 Å². The van der Waals surface area contributed by atoms with Gasteiger partial charge in [0.15, 0.2) is 0 Å². The molecule has 1 fully saturated rings. The van der Waals surface area contributed by atoms with Crippen LogP contribution in [0.5, 0.6) is 0 Å². The van der Waals surface area contributed by atoms with Gasteiger partial charge in [0, 0.05) is 19.1 Å². The number of nitrogens with one attached hydrogen (secondary N) is 1. The van der Waals surface area contributed by atoms with Crippen LogP contribution in [-0.2, 0) is 22.6 Å². The highest BCUT2D eigenvalue weighted by atomic mass is 16.5. The monoisotopic (exact) mass is 580 g/mol. The van der Waals surface area contributed by atoms with Crippen molar-refractivity contribution in [2.45, 2.75) is 58.3 Å². The van der Waals surface area contributed by atoms with Crippen molar-refractivity contribution < 1.29 is 9.53 Å². The maximum atomic E-state index is 13.9. The summed E-state index contributed by atoms with van der Waals surface area (Å²) < 4.78 is 8.21. The minimum atomic E-state index is -0.318. The maximum Gasteiger partial charge on any atom is 0.293 e. The van der Waals surface area contributed by atoms with Gasteiger partial charge in [-0.25, -0.2) is 9.67 Å². The van der Waals surface area contributed by atoms with E-state index in [1.165, 1.54) is 0 Å². The van der Waals surface area contributed by atoms with Gasteiger partial charge in [-0.05, 0) is 62.6 Å². The summed E-state index contributed by atoms with van der Waals surface area (Å²) in [7, 11) is 2.01. The third-order valence-electron chi connectivity index (χ3n) is 7.63. The second-order valence-electron chi connectivity index (χ2n) is 11.9. The number of imidazole rings is 1. The van der Waals surface area contributed by atoms with Gasteiger partial charge in [0.05, 0.1) is 19.3 Å². The first-order valence-corrected chi connectivity index (χ1v) is 14.8. The molecule has 1 saturated heterocycles. The highest BCUT2D eigenvalue weighted by Gasteiger charge is 2.25. The Morgan fingerprint density at radius 1 is 1.00 bits per heavy atom. The molecule has 0 bridgehead atoms. The minimum Gasteiger partial charge on any atom is -0.462 e. The number of anilines is 1. The van der Waals surface area contributed by atoms with Gasteiger partial charge in [-0.1, -0.05) is 72.8 Å². The van der Waals surface area contributed by atoms with E-state index in [-0.39, 0.29) is 11.2 Å². The van der Waals surface area contributed by atoms with Crippen molar-refractivity contribution in [1.82, 2.24) is 24.6 Å². The average Bonchev–Trinajstić information content (AvgIpc) is 3.38. The number of benzene rings is 3. The number of carbonyl (C=O) groups is 1. The van der Waals surface area contributed by atoms with E-state index in [1.54, 1.807) is 10.9 Å². The number of fused-ring (bicyclic) bond motifs is 2. The lowest BCUT2D eigenvalue weighted by Crippen LogP contribution is -2.45. The number of ether oxygens (including phenoxy) is 1. The number of hydrogen-bond donors (Lipinski definition) is 1. The molecule has 1 atom stereocenters. The predicted molar refractivity (Wildman–Crippen MR) is 172 cm³/mol. The molecule has 1 aliphatic rings. The molecule has 1 aliphatic heterocycles. The molecule has 0 saturated carbocycles. The van der Waals surface area contributed by atoms with Crippen molar-refractivity contribution in [3.05, 3.63) is 100 Å². The van der Waals surface area contributed by atoms with Crippen molar-refractivity contribution in [1.29, 1.82) is 0 Å². The van der Waals surface area contributed by atoms with Crippen LogP contribution in [0.4, 0.5) is 5.95 Å². The SMILES string of the molecule is CC(C)(C)OC=O.CNC1CCCN(c2nc3cnn(Cc4cccc5ccccc45)c(=O)c3n2Cc2ccccc2)C1. The van der Waals surface area contributed by atoms with Gasteiger partial charge >= 0.3 is 0 Å². The molecular weight excluding hydrogens is 540 g/mol. The van der Waals surface area contributed by atoms with Gasteiger partial charge in [-0.2, -0.15) is 5.10 Å². The topological polar surface area (TPSA) is 94.3 Å². The van der Waals surface area contributed by atoms with E-state index in [0.29, 0.717) is 36.6 Å². The fourth-order valence-electron chi connectivity index (χ4n) is 5.47. The Bertz CT molecular complexity index is 1730. The molecule has 1 unspecified atom stereocenters. The van der Waals surface area contributed by atoms with Crippen LogP contribution in [0.1, 0.15) is 44.7 Å². The van der Waals surface area contributed by atoms with Crippen molar-refractivity contribution in [3.63, 3.8) is 0 Å². The van der Waals surface area contributed by atoms with E-state index >= 15 is 0 Å². The van der Waals surface area contributed by atoms with Gasteiger partial charge in [0.1, 0.15) is 16.6 Å². The summed E-state index contributed by atoms with van der Waals surface area (Å²) in [5, 5.41) is 10.3. The summed E-state index contributed by atoms with van der Waals surface area (Å²) in [6, 6.07) is 25.1. The second kappa shape index (κ2) is 13.2. The van der Waals surface area contributed by atoms with Crippen LogP contribution in [0.3, 0.4) is 0 Å². The van der Waals surface area contributed by atoms with E-state index in [4.69, 9.17) is 4.98 Å². The zero-order valence-corrected chi connectivity index (χ0v) is 25.4. The molecule has 3 heterocycles. The Labute approximate surface area is 252 Å². The lowest BCUT2D eigenvalue weighted by molar-refractivity contribution is -0.138. The van der Waals surface area contributed by atoms with Gasteiger partial charge in [0.25, 0.3) is 12.0 Å². The molecule has 3 aromatic carbocycles. The van der Waals surface area contributed by atoms with Gasteiger partial charge in [-0.3, -0.25) is 9.59 Å². The molecule has 0 amide bonds. The van der Waals surface area contributed by atoms with Crippen molar-refractivity contribution >= 4 is 34.2 Å². The summed E-state index contributed by atoms with van der Waals surface area (Å²) in [5.74, 6) is 0.843. The lowest BCUT2D eigenvalue weighted by Gasteiger charge is -2.33. The fraction of sp³-hybridized carbons (Fsp3) is 0.353. The lowest BCUT2D eigenvalue weighted by atomic mass is 10.0. The third kappa shape index (κ3) is 7.11. The minimum absolute atomic E-state index is 0.114. The average molecular weight is 581 g/mol. The predicted octanol–water partition coefficient (Wildman–Crippen LogP) is 4.99. The smallest absolute Gasteiger partial charge is 0.293 e. The molecule has 224 valence electrons. The molecule has 6 rings (SSSR count). The molecule has 0 aliphatic carbocycles. The first kappa shape index (κ1) is 30.0. The van der Waals surface area contributed by atoms with Crippen LogP contribution in [0.2, 0.25) is 0 Å². The first-order chi connectivity index (χ1) is 20.8. The number of hydrogen-bond acceptors (Lipinski definition) is 7.